The van der Waals surface area contributed by atoms with Crippen molar-refractivity contribution in [2.24, 2.45) is 0 Å². The number of hydrogen-bond donors (Lipinski definition) is 3. The zero-order valence-electron chi connectivity index (χ0n) is 10.7. The topological polar surface area (TPSA) is 113 Å². The summed E-state index contributed by atoms with van der Waals surface area (Å²) < 4.78 is 5.05. The van der Waals surface area contributed by atoms with Crippen molar-refractivity contribution in [3.63, 3.8) is 0 Å². The Morgan fingerprint density at radius 3 is 2.75 bits per heavy atom. The van der Waals surface area contributed by atoms with Crippen molar-refractivity contribution in [3.8, 4) is 0 Å². The summed E-state index contributed by atoms with van der Waals surface area (Å²) >= 11 is 0. The molecule has 0 aliphatic rings. The van der Waals surface area contributed by atoms with Gasteiger partial charge in [0.05, 0.1) is 12.5 Å². The lowest BCUT2D eigenvalue weighted by atomic mass is 10.1. The quantitative estimate of drug-likeness (QED) is 0.726. The van der Waals surface area contributed by atoms with Crippen LogP contribution in [0.25, 0.3) is 11.0 Å². The summed E-state index contributed by atoms with van der Waals surface area (Å²) in [6.45, 7) is 1.30. The molecule has 7 heteroatoms. The number of aromatic nitrogens is 1. The summed E-state index contributed by atoms with van der Waals surface area (Å²) in [7, 11) is 0. The molecular weight excluding hydrogens is 264 g/mol. The van der Waals surface area contributed by atoms with E-state index < -0.39 is 24.0 Å². The SMILES string of the molecule is C[C@@H](O)[C@H](NC(=O)Cc1noc2ccccc12)C(=O)O. The van der Waals surface area contributed by atoms with Gasteiger partial charge in [0.1, 0.15) is 5.69 Å². The van der Waals surface area contributed by atoms with Crippen LogP contribution in [0.15, 0.2) is 28.8 Å². The van der Waals surface area contributed by atoms with Crippen LogP contribution in [0, 0.1) is 0 Å². The first-order chi connectivity index (χ1) is 9.49. The van der Waals surface area contributed by atoms with Crippen LogP contribution in [0.4, 0.5) is 0 Å². The molecule has 2 rings (SSSR count). The molecule has 2 aromatic rings. The number of carboxylic acid groups (broad SMARTS) is 1. The number of rotatable bonds is 5. The first-order valence-corrected chi connectivity index (χ1v) is 6.02. The van der Waals surface area contributed by atoms with E-state index in [1.54, 1.807) is 24.3 Å². The highest BCUT2D eigenvalue weighted by Gasteiger charge is 2.25. The van der Waals surface area contributed by atoms with Gasteiger partial charge in [-0.15, -0.1) is 0 Å². The first kappa shape index (κ1) is 14.0. The van der Waals surface area contributed by atoms with E-state index >= 15 is 0 Å². The minimum absolute atomic E-state index is 0.118. The van der Waals surface area contributed by atoms with Crippen molar-refractivity contribution >= 4 is 22.8 Å². The predicted octanol–water partition coefficient (Wildman–Crippen LogP) is 0.320. The summed E-state index contributed by atoms with van der Waals surface area (Å²) in [6.07, 6.45) is -1.31. The molecule has 1 aromatic carbocycles. The Morgan fingerprint density at radius 1 is 1.40 bits per heavy atom. The fraction of sp³-hybridized carbons (Fsp3) is 0.308. The predicted molar refractivity (Wildman–Crippen MR) is 69.0 cm³/mol. The summed E-state index contributed by atoms with van der Waals surface area (Å²) in [5.74, 6) is -1.84. The summed E-state index contributed by atoms with van der Waals surface area (Å²) in [5, 5.41) is 24.9. The van der Waals surface area contributed by atoms with Gasteiger partial charge in [-0.2, -0.15) is 0 Å². The van der Waals surface area contributed by atoms with Gasteiger partial charge in [0, 0.05) is 5.39 Å². The van der Waals surface area contributed by atoms with Crippen LogP contribution in [0.1, 0.15) is 12.6 Å². The van der Waals surface area contributed by atoms with Crippen LogP contribution < -0.4 is 5.32 Å². The maximum Gasteiger partial charge on any atom is 0.328 e. The number of para-hydroxylation sites is 1. The van der Waals surface area contributed by atoms with E-state index in [2.05, 4.69) is 10.5 Å². The molecule has 0 radical (unpaired) electrons. The summed E-state index contributed by atoms with van der Waals surface area (Å²) in [6, 6.07) is 5.71. The Balaban J connectivity index is 2.10. The second-order valence-electron chi connectivity index (χ2n) is 4.43. The number of aliphatic carboxylic acids is 1. The highest BCUT2D eigenvalue weighted by Crippen LogP contribution is 2.18. The fourth-order valence-corrected chi connectivity index (χ4v) is 1.83. The number of nitrogens with one attached hydrogen (secondary N) is 1. The first-order valence-electron chi connectivity index (χ1n) is 6.02. The largest absolute Gasteiger partial charge is 0.480 e. The molecule has 2 atom stereocenters. The number of carbonyl (C=O) groups is 2. The molecule has 20 heavy (non-hydrogen) atoms. The lowest BCUT2D eigenvalue weighted by molar-refractivity contribution is -0.144. The van der Waals surface area contributed by atoms with Gasteiger partial charge in [-0.3, -0.25) is 4.79 Å². The van der Waals surface area contributed by atoms with Crippen LogP contribution in [0.3, 0.4) is 0 Å². The van der Waals surface area contributed by atoms with Gasteiger partial charge in [-0.25, -0.2) is 4.79 Å². The molecule has 1 heterocycles. The van der Waals surface area contributed by atoms with Crippen LogP contribution in [-0.2, 0) is 16.0 Å². The number of carbonyl (C=O) groups excluding carboxylic acids is 1. The van der Waals surface area contributed by atoms with Crippen molar-refractivity contribution in [3.05, 3.63) is 30.0 Å². The molecule has 7 nitrogen and oxygen atoms in total. The van der Waals surface area contributed by atoms with Crippen LogP contribution in [0.5, 0.6) is 0 Å². The average Bonchev–Trinajstić information content (AvgIpc) is 2.79. The minimum Gasteiger partial charge on any atom is -0.480 e. The van der Waals surface area contributed by atoms with E-state index in [0.717, 1.165) is 0 Å². The van der Waals surface area contributed by atoms with E-state index in [9.17, 15) is 14.7 Å². The number of hydrogen-bond acceptors (Lipinski definition) is 5. The standard InChI is InChI=1S/C13H14N2O5/c1-7(16)12(13(18)19)14-11(17)6-9-8-4-2-3-5-10(8)20-15-9/h2-5,7,12,16H,6H2,1H3,(H,14,17)(H,18,19)/t7-,12+/m1/s1. The van der Waals surface area contributed by atoms with Gasteiger partial charge in [0.2, 0.25) is 5.91 Å². The maximum absolute atomic E-state index is 11.8. The lowest BCUT2D eigenvalue weighted by Gasteiger charge is -2.16. The number of carboxylic acids is 1. The van der Waals surface area contributed by atoms with Gasteiger partial charge >= 0.3 is 5.97 Å². The van der Waals surface area contributed by atoms with E-state index in [1.807, 2.05) is 0 Å². The number of benzene rings is 1. The number of aliphatic hydroxyl groups excluding tert-OH is 1. The van der Waals surface area contributed by atoms with Crippen molar-refractivity contribution in [2.75, 3.05) is 0 Å². The van der Waals surface area contributed by atoms with E-state index in [-0.39, 0.29) is 6.42 Å². The van der Waals surface area contributed by atoms with Gasteiger partial charge in [0.25, 0.3) is 0 Å². The van der Waals surface area contributed by atoms with Crippen LogP contribution >= 0.6 is 0 Å². The Labute approximate surface area is 114 Å². The number of aliphatic hydroxyl groups is 1. The van der Waals surface area contributed by atoms with Crippen molar-refractivity contribution in [1.82, 2.24) is 10.5 Å². The van der Waals surface area contributed by atoms with Crippen molar-refractivity contribution in [2.45, 2.75) is 25.5 Å². The highest BCUT2D eigenvalue weighted by molar-refractivity contribution is 5.88. The monoisotopic (exact) mass is 278 g/mol. The Hall–Kier alpha value is -2.41. The number of nitrogens with zero attached hydrogens (tertiary/aromatic N) is 1. The van der Waals surface area contributed by atoms with E-state index in [4.69, 9.17) is 9.63 Å². The molecule has 0 spiro atoms. The Morgan fingerprint density at radius 2 is 2.10 bits per heavy atom. The highest BCUT2D eigenvalue weighted by atomic mass is 16.5. The van der Waals surface area contributed by atoms with E-state index in [1.165, 1.54) is 6.92 Å². The smallest absolute Gasteiger partial charge is 0.328 e. The van der Waals surface area contributed by atoms with Crippen molar-refractivity contribution in [1.29, 1.82) is 0 Å². The third kappa shape index (κ3) is 2.94. The van der Waals surface area contributed by atoms with Gasteiger partial charge < -0.3 is 20.1 Å². The number of fused-ring (bicyclic) bond motifs is 1. The molecule has 0 bridgehead atoms. The molecule has 0 fully saturated rings. The molecule has 0 aliphatic heterocycles. The molecule has 0 saturated heterocycles. The molecule has 106 valence electrons. The second-order valence-corrected chi connectivity index (χ2v) is 4.43. The van der Waals surface area contributed by atoms with Crippen molar-refractivity contribution < 1.29 is 24.3 Å². The Kier molecular flexibility index (Phi) is 3.99. The fourth-order valence-electron chi connectivity index (χ4n) is 1.83. The normalized spacial score (nSPS) is 13.9. The lowest BCUT2D eigenvalue weighted by Crippen LogP contribution is -2.48. The van der Waals surface area contributed by atoms with Crippen LogP contribution in [-0.4, -0.2) is 39.4 Å². The third-order valence-corrected chi connectivity index (χ3v) is 2.85. The summed E-state index contributed by atoms with van der Waals surface area (Å²) in [5.41, 5.74) is 0.980. The zero-order valence-corrected chi connectivity index (χ0v) is 10.7. The molecule has 0 unspecified atom stereocenters. The minimum atomic E-state index is -1.35. The Bertz CT molecular complexity index is 634. The maximum atomic E-state index is 11.8. The average molecular weight is 278 g/mol. The number of amides is 1. The molecule has 0 aliphatic carbocycles. The second kappa shape index (κ2) is 5.70. The van der Waals surface area contributed by atoms with Gasteiger partial charge in [0.15, 0.2) is 11.6 Å². The molecule has 1 amide bonds. The van der Waals surface area contributed by atoms with E-state index in [0.29, 0.717) is 16.7 Å². The molecule has 0 saturated carbocycles. The third-order valence-electron chi connectivity index (χ3n) is 2.85. The van der Waals surface area contributed by atoms with Gasteiger partial charge in [-0.1, -0.05) is 17.3 Å². The van der Waals surface area contributed by atoms with Crippen LogP contribution in [0.2, 0.25) is 0 Å². The molecule has 3 N–H and O–H groups in total. The summed E-state index contributed by atoms with van der Waals surface area (Å²) in [4.78, 5) is 22.7. The van der Waals surface area contributed by atoms with Gasteiger partial charge in [-0.05, 0) is 19.1 Å². The zero-order chi connectivity index (χ0) is 14.7. The molecular formula is C13H14N2O5. The molecule has 1 aromatic heterocycles.